The summed E-state index contributed by atoms with van der Waals surface area (Å²) in [5.41, 5.74) is 5.07. The lowest BCUT2D eigenvalue weighted by Crippen LogP contribution is -2.30. The summed E-state index contributed by atoms with van der Waals surface area (Å²) in [5, 5.41) is 0. The first-order valence-corrected chi connectivity index (χ1v) is 8.29. The highest BCUT2D eigenvalue weighted by atomic mass is 15.1. The molecule has 0 saturated heterocycles. The molecule has 0 radical (unpaired) electrons. The fourth-order valence-corrected chi connectivity index (χ4v) is 2.97. The molecule has 2 nitrogen and oxygen atoms in total. The van der Waals surface area contributed by atoms with E-state index >= 15 is 0 Å². The first-order chi connectivity index (χ1) is 11.1. The number of para-hydroxylation sites is 2. The molecular weight excluding hydrogens is 280 g/mol. The quantitative estimate of drug-likeness (QED) is 0.483. The van der Waals surface area contributed by atoms with Crippen LogP contribution in [0.3, 0.4) is 0 Å². The number of rotatable bonds is 4. The van der Waals surface area contributed by atoms with Gasteiger partial charge in [0, 0.05) is 12.4 Å². The van der Waals surface area contributed by atoms with E-state index in [2.05, 4.69) is 104 Å². The summed E-state index contributed by atoms with van der Waals surface area (Å²) in [7, 11) is 0. The van der Waals surface area contributed by atoms with Gasteiger partial charge in [0.1, 0.15) is 0 Å². The Morgan fingerprint density at radius 2 is 1.43 bits per heavy atom. The number of aromatic nitrogens is 2. The summed E-state index contributed by atoms with van der Waals surface area (Å²) >= 11 is 0. The highest BCUT2D eigenvalue weighted by molar-refractivity contribution is 5.42. The number of imidazole rings is 1. The predicted molar refractivity (Wildman–Crippen MR) is 94.3 cm³/mol. The normalized spacial score (nSPS) is 11.4. The second-order valence-corrected chi connectivity index (χ2v) is 6.57. The monoisotopic (exact) mass is 304 g/mol. The van der Waals surface area contributed by atoms with Crippen molar-refractivity contribution in [3.8, 4) is 11.4 Å². The maximum absolute atomic E-state index is 3.47. The van der Waals surface area contributed by atoms with E-state index in [1.54, 1.807) is 0 Å². The molecule has 0 amide bonds. The number of hydrogen-bond donors (Lipinski definition) is 0. The van der Waals surface area contributed by atoms with Crippen molar-refractivity contribution in [3.05, 3.63) is 78.4 Å². The van der Waals surface area contributed by atoms with Crippen molar-refractivity contribution >= 4 is 0 Å². The summed E-state index contributed by atoms with van der Waals surface area (Å²) in [5.74, 6) is 0.969. The van der Waals surface area contributed by atoms with Crippen LogP contribution in [0.5, 0.6) is 0 Å². The summed E-state index contributed by atoms with van der Waals surface area (Å²) in [6.45, 7) is 8.91. The van der Waals surface area contributed by atoms with Gasteiger partial charge < -0.3 is 0 Å². The van der Waals surface area contributed by atoms with E-state index in [9.17, 15) is 0 Å². The standard InChI is InChI=1S/C21H24N2/c1-16(2)18-9-5-7-11-20(18)22-13-14-23(15-22)21-12-8-6-10-19(21)17(3)4/h5-14,16-17H,1-4H3. The Morgan fingerprint density at radius 3 is 2.13 bits per heavy atom. The highest BCUT2D eigenvalue weighted by Gasteiger charge is 2.12. The number of hydrogen-bond acceptors (Lipinski definition) is 0. The minimum absolute atomic E-state index is 0.485. The molecule has 0 fully saturated rings. The Morgan fingerprint density at radius 1 is 0.826 bits per heavy atom. The molecule has 118 valence electrons. The fraction of sp³-hybridized carbons (Fsp3) is 0.286. The lowest BCUT2D eigenvalue weighted by molar-refractivity contribution is -0.599. The van der Waals surface area contributed by atoms with Crippen molar-refractivity contribution in [3.63, 3.8) is 0 Å². The van der Waals surface area contributed by atoms with Crippen LogP contribution < -0.4 is 4.57 Å². The smallest absolute Gasteiger partial charge is 0.268 e. The van der Waals surface area contributed by atoms with E-state index in [4.69, 9.17) is 0 Å². The molecule has 0 spiro atoms. The Labute approximate surface area is 139 Å². The zero-order valence-corrected chi connectivity index (χ0v) is 14.3. The Hall–Kier alpha value is -2.35. The number of benzene rings is 2. The third-order valence-electron chi connectivity index (χ3n) is 4.22. The van der Waals surface area contributed by atoms with Crippen LogP contribution in [0.4, 0.5) is 0 Å². The van der Waals surface area contributed by atoms with Gasteiger partial charge >= 0.3 is 0 Å². The summed E-state index contributed by atoms with van der Waals surface area (Å²) < 4.78 is 4.18. The molecule has 3 rings (SSSR count). The average molecular weight is 304 g/mol. The molecule has 0 bridgehead atoms. The first kappa shape index (κ1) is 15.5. The van der Waals surface area contributed by atoms with Crippen LogP contribution in [0.25, 0.3) is 11.4 Å². The van der Waals surface area contributed by atoms with Crippen molar-refractivity contribution in [2.45, 2.75) is 39.5 Å². The van der Waals surface area contributed by atoms with Crippen molar-refractivity contribution in [2.75, 3.05) is 0 Å². The Kier molecular flexibility index (Phi) is 4.33. The molecule has 23 heavy (non-hydrogen) atoms. The minimum atomic E-state index is 0.485. The van der Waals surface area contributed by atoms with Crippen molar-refractivity contribution in [2.24, 2.45) is 0 Å². The maximum Gasteiger partial charge on any atom is 0.268 e. The van der Waals surface area contributed by atoms with Gasteiger partial charge in [0.2, 0.25) is 0 Å². The summed E-state index contributed by atoms with van der Waals surface area (Å²) in [6.07, 6.45) is 7.63. The molecule has 0 unspecified atom stereocenters. The first-order valence-electron chi connectivity index (χ1n) is 8.29. The van der Waals surface area contributed by atoms with E-state index in [0.29, 0.717) is 11.8 Å². The topological polar surface area (TPSA) is 8.81 Å². The van der Waals surface area contributed by atoms with Crippen molar-refractivity contribution in [1.29, 1.82) is 0 Å². The van der Waals surface area contributed by atoms with Crippen LogP contribution in [0.15, 0.2) is 60.9 Å². The molecule has 0 aliphatic heterocycles. The van der Waals surface area contributed by atoms with Gasteiger partial charge in [-0.2, -0.15) is 0 Å². The molecule has 1 heterocycles. The van der Waals surface area contributed by atoms with Crippen LogP contribution in [0.2, 0.25) is 0 Å². The molecule has 0 aliphatic rings. The molecule has 0 aliphatic carbocycles. The lowest BCUT2D eigenvalue weighted by Gasteiger charge is -2.13. The van der Waals surface area contributed by atoms with E-state index in [-0.39, 0.29) is 0 Å². The molecule has 2 aromatic carbocycles. The van der Waals surface area contributed by atoms with Gasteiger partial charge in [0.05, 0.1) is 11.4 Å². The van der Waals surface area contributed by atoms with Gasteiger partial charge in [-0.1, -0.05) is 64.1 Å². The van der Waals surface area contributed by atoms with Crippen LogP contribution in [0, 0.1) is 6.33 Å². The molecule has 0 saturated carbocycles. The molecule has 2 heteroatoms. The second-order valence-electron chi connectivity index (χ2n) is 6.57. The Balaban J connectivity index is 2.06. The average Bonchev–Trinajstić information content (AvgIpc) is 3.04. The summed E-state index contributed by atoms with van der Waals surface area (Å²) in [4.78, 5) is 0. The van der Waals surface area contributed by atoms with Gasteiger partial charge in [-0.25, -0.2) is 0 Å². The van der Waals surface area contributed by atoms with Crippen LogP contribution >= 0.6 is 0 Å². The zero-order chi connectivity index (χ0) is 16.4. The predicted octanol–water partition coefficient (Wildman–Crippen LogP) is 4.80. The van der Waals surface area contributed by atoms with Gasteiger partial charge in [-0.15, -0.1) is 0 Å². The fourth-order valence-electron chi connectivity index (χ4n) is 2.97. The maximum atomic E-state index is 3.47. The second kappa shape index (κ2) is 6.41. The van der Waals surface area contributed by atoms with Gasteiger partial charge in [-0.3, -0.25) is 9.13 Å². The Bertz CT molecular complexity index is 731. The third kappa shape index (κ3) is 3.07. The van der Waals surface area contributed by atoms with Crippen molar-refractivity contribution in [1.82, 2.24) is 4.57 Å². The molecule has 0 atom stereocenters. The van der Waals surface area contributed by atoms with Gasteiger partial charge in [0.15, 0.2) is 0 Å². The molecule has 0 N–H and O–H groups in total. The van der Waals surface area contributed by atoms with E-state index in [1.165, 1.54) is 22.5 Å². The van der Waals surface area contributed by atoms with E-state index in [1.807, 2.05) is 0 Å². The highest BCUT2D eigenvalue weighted by Crippen LogP contribution is 2.23. The van der Waals surface area contributed by atoms with Gasteiger partial charge in [0.25, 0.3) is 6.33 Å². The lowest BCUT2D eigenvalue weighted by atomic mass is 10.0. The molecule has 3 aromatic rings. The number of nitrogens with zero attached hydrogens (tertiary/aromatic N) is 2. The van der Waals surface area contributed by atoms with Crippen LogP contribution in [-0.2, 0) is 0 Å². The van der Waals surface area contributed by atoms with E-state index < -0.39 is 0 Å². The molecule has 1 aromatic heterocycles. The van der Waals surface area contributed by atoms with Gasteiger partial charge in [-0.05, 0) is 35.1 Å². The molecular formula is C21H24N2. The minimum Gasteiger partial charge on any atom is -0.299 e. The van der Waals surface area contributed by atoms with Crippen LogP contribution in [-0.4, -0.2) is 4.57 Å². The van der Waals surface area contributed by atoms with Crippen LogP contribution in [0.1, 0.15) is 50.7 Å². The van der Waals surface area contributed by atoms with Crippen molar-refractivity contribution < 1.29 is 4.57 Å². The SMILES string of the molecule is CC(C)c1ccccc1-n1[c-][n+](-c2ccccc2C(C)C)cc1. The third-order valence-corrected chi connectivity index (χ3v) is 4.22. The zero-order valence-electron chi connectivity index (χ0n) is 14.3. The largest absolute Gasteiger partial charge is 0.299 e. The summed E-state index contributed by atoms with van der Waals surface area (Å²) in [6, 6.07) is 17.1. The van der Waals surface area contributed by atoms with E-state index in [0.717, 1.165) is 0 Å².